The maximum Gasteiger partial charge on any atom is 0.573 e. The molecule has 1 aromatic carbocycles. The highest BCUT2D eigenvalue weighted by atomic mass is 19.4. The second-order valence-electron chi connectivity index (χ2n) is 8.83. The summed E-state index contributed by atoms with van der Waals surface area (Å²) in [4.78, 5) is 39.1. The molecule has 1 aromatic rings. The summed E-state index contributed by atoms with van der Waals surface area (Å²) in [6, 6.07) is 4.05. The molecule has 192 valence electrons. The minimum atomic E-state index is -4.97. The molecule has 0 aromatic heterocycles. The maximum atomic E-state index is 13.1. The number of carbonyl (C=O) groups is 3. The summed E-state index contributed by atoms with van der Waals surface area (Å²) in [7, 11) is 0. The first-order valence-electron chi connectivity index (χ1n) is 11.1. The number of carbonyl (C=O) groups excluding carboxylic acids is 3. The number of hydrogen-bond acceptors (Lipinski definition) is 6. The molecule has 1 fully saturated rings. The summed E-state index contributed by atoms with van der Waals surface area (Å²) in [5.41, 5.74) is -1.54. The predicted molar refractivity (Wildman–Crippen MR) is 118 cm³/mol. The average molecular weight is 499 g/mol. The fourth-order valence-corrected chi connectivity index (χ4v) is 3.69. The number of halogens is 3. The van der Waals surface area contributed by atoms with Crippen LogP contribution in [0.15, 0.2) is 18.2 Å². The first-order chi connectivity index (χ1) is 16.2. The first-order valence-corrected chi connectivity index (χ1v) is 11.1. The van der Waals surface area contributed by atoms with Crippen molar-refractivity contribution in [3.8, 4) is 11.8 Å². The standard InChI is InChI=1S/C23H29F3N4O5/c1-4-18(31)29-19(22(2,3)34)21(33)30-9-5-6-16(13-30)20(32)28-12-15-8-7-14(11-27)10-17(15)35-23(24,25)26/h7-8,10,16,19,34H,4-6,9,12-13H2,1-3H3,(H,28,32)(H,29,31)/t16-,19+/m1/s1. The van der Waals surface area contributed by atoms with Gasteiger partial charge in [0.2, 0.25) is 17.7 Å². The van der Waals surface area contributed by atoms with Crippen LogP contribution in [0.3, 0.4) is 0 Å². The van der Waals surface area contributed by atoms with Gasteiger partial charge in [-0.3, -0.25) is 14.4 Å². The average Bonchev–Trinajstić information content (AvgIpc) is 2.79. The van der Waals surface area contributed by atoms with Crippen molar-refractivity contribution >= 4 is 17.7 Å². The Kier molecular flexibility index (Phi) is 9.09. The zero-order valence-electron chi connectivity index (χ0n) is 19.7. The highest BCUT2D eigenvalue weighted by molar-refractivity contribution is 5.89. The van der Waals surface area contributed by atoms with E-state index in [1.807, 2.05) is 0 Å². The van der Waals surface area contributed by atoms with Crippen LogP contribution in [0.5, 0.6) is 5.75 Å². The van der Waals surface area contributed by atoms with Gasteiger partial charge in [0.05, 0.1) is 23.2 Å². The van der Waals surface area contributed by atoms with Crippen molar-refractivity contribution in [3.05, 3.63) is 29.3 Å². The smallest absolute Gasteiger partial charge is 0.405 e. The molecular weight excluding hydrogens is 469 g/mol. The van der Waals surface area contributed by atoms with Crippen LogP contribution < -0.4 is 15.4 Å². The predicted octanol–water partition coefficient (Wildman–Crippen LogP) is 1.98. The number of nitriles is 1. The summed E-state index contributed by atoms with van der Waals surface area (Å²) in [5.74, 6) is -2.62. The molecule has 0 spiro atoms. The molecule has 35 heavy (non-hydrogen) atoms. The molecule has 1 saturated heterocycles. The van der Waals surface area contributed by atoms with Crippen molar-refractivity contribution < 1.29 is 37.4 Å². The summed E-state index contributed by atoms with van der Waals surface area (Å²) >= 11 is 0. The van der Waals surface area contributed by atoms with Gasteiger partial charge >= 0.3 is 6.36 Å². The molecule has 0 bridgehead atoms. The number of likely N-dealkylation sites (tertiary alicyclic amines) is 1. The SMILES string of the molecule is CCC(=O)N[C@@H](C(=O)N1CCC[C@@H](C(=O)NCc2ccc(C#N)cc2OC(F)(F)F)C1)C(C)(C)O. The van der Waals surface area contributed by atoms with Crippen LogP contribution in [-0.2, 0) is 20.9 Å². The number of hydrogen-bond donors (Lipinski definition) is 3. The van der Waals surface area contributed by atoms with E-state index in [9.17, 15) is 32.7 Å². The van der Waals surface area contributed by atoms with E-state index in [4.69, 9.17) is 5.26 Å². The molecule has 0 unspecified atom stereocenters. The van der Waals surface area contributed by atoms with Gasteiger partial charge in [0.15, 0.2) is 0 Å². The van der Waals surface area contributed by atoms with E-state index < -0.39 is 47.4 Å². The zero-order valence-corrected chi connectivity index (χ0v) is 19.7. The molecule has 1 heterocycles. The lowest BCUT2D eigenvalue weighted by Gasteiger charge is -2.37. The van der Waals surface area contributed by atoms with Gasteiger partial charge in [-0.1, -0.05) is 13.0 Å². The van der Waals surface area contributed by atoms with Gasteiger partial charge in [-0.15, -0.1) is 13.2 Å². The van der Waals surface area contributed by atoms with Gasteiger partial charge in [0.25, 0.3) is 0 Å². The third-order valence-corrected chi connectivity index (χ3v) is 5.56. The molecule has 2 rings (SSSR count). The normalized spacial score (nSPS) is 17.2. The Morgan fingerprint density at radius 2 is 2.00 bits per heavy atom. The fraction of sp³-hybridized carbons (Fsp3) is 0.565. The Labute approximate surface area is 201 Å². The third-order valence-electron chi connectivity index (χ3n) is 5.56. The molecule has 1 aliphatic heterocycles. The Balaban J connectivity index is 2.08. The summed E-state index contributed by atoms with van der Waals surface area (Å²) in [6.07, 6.45) is -3.91. The number of rotatable bonds is 8. The molecule has 3 amide bonds. The molecule has 3 N–H and O–H groups in total. The van der Waals surface area contributed by atoms with Crippen molar-refractivity contribution in [2.24, 2.45) is 5.92 Å². The molecule has 0 radical (unpaired) electrons. The summed E-state index contributed by atoms with van der Waals surface area (Å²) < 4.78 is 42.2. The molecule has 2 atom stereocenters. The molecular formula is C23H29F3N4O5. The number of ether oxygens (including phenoxy) is 1. The minimum Gasteiger partial charge on any atom is -0.405 e. The number of piperidine rings is 1. The largest absolute Gasteiger partial charge is 0.573 e. The quantitative estimate of drug-likeness (QED) is 0.502. The van der Waals surface area contributed by atoms with Crippen molar-refractivity contribution in [2.75, 3.05) is 13.1 Å². The Morgan fingerprint density at radius 3 is 2.57 bits per heavy atom. The zero-order chi connectivity index (χ0) is 26.4. The van der Waals surface area contributed by atoms with Gasteiger partial charge in [-0.25, -0.2) is 0 Å². The Hall–Kier alpha value is -3.33. The van der Waals surface area contributed by atoms with E-state index >= 15 is 0 Å². The van der Waals surface area contributed by atoms with E-state index in [1.165, 1.54) is 30.9 Å². The van der Waals surface area contributed by atoms with Crippen molar-refractivity contribution in [2.45, 2.75) is 64.6 Å². The number of benzene rings is 1. The van der Waals surface area contributed by atoms with Crippen molar-refractivity contribution in [3.63, 3.8) is 0 Å². The van der Waals surface area contributed by atoms with E-state index in [1.54, 1.807) is 13.0 Å². The lowest BCUT2D eigenvalue weighted by molar-refractivity contribution is -0.274. The first kappa shape index (κ1) is 27.9. The highest BCUT2D eigenvalue weighted by Crippen LogP contribution is 2.28. The Morgan fingerprint density at radius 1 is 1.31 bits per heavy atom. The number of amides is 3. The highest BCUT2D eigenvalue weighted by Gasteiger charge is 2.39. The minimum absolute atomic E-state index is 0.0263. The van der Waals surface area contributed by atoms with Gasteiger partial charge in [-0.05, 0) is 38.8 Å². The number of alkyl halides is 3. The molecule has 1 aliphatic rings. The van der Waals surface area contributed by atoms with Gasteiger partial charge in [-0.2, -0.15) is 5.26 Å². The Bertz CT molecular complexity index is 985. The van der Waals surface area contributed by atoms with Gasteiger partial charge < -0.3 is 25.4 Å². The van der Waals surface area contributed by atoms with Crippen LogP contribution in [0.1, 0.15) is 51.2 Å². The van der Waals surface area contributed by atoms with E-state index in [2.05, 4.69) is 15.4 Å². The van der Waals surface area contributed by atoms with Crippen LogP contribution in [0.2, 0.25) is 0 Å². The number of aliphatic hydroxyl groups is 1. The van der Waals surface area contributed by atoms with E-state index in [-0.39, 0.29) is 30.6 Å². The van der Waals surface area contributed by atoms with Gasteiger partial charge in [0.1, 0.15) is 11.8 Å². The van der Waals surface area contributed by atoms with Crippen LogP contribution in [0.25, 0.3) is 0 Å². The maximum absolute atomic E-state index is 13.1. The van der Waals surface area contributed by atoms with Crippen molar-refractivity contribution in [1.82, 2.24) is 15.5 Å². The van der Waals surface area contributed by atoms with Crippen molar-refractivity contribution in [1.29, 1.82) is 5.26 Å². The topological polar surface area (TPSA) is 132 Å². The molecule has 0 saturated carbocycles. The molecule has 0 aliphatic carbocycles. The molecule has 9 nitrogen and oxygen atoms in total. The summed E-state index contributed by atoms with van der Waals surface area (Å²) in [5, 5.41) is 24.4. The lowest BCUT2D eigenvalue weighted by Crippen LogP contribution is -2.60. The number of nitrogens with zero attached hydrogens (tertiary/aromatic N) is 2. The van der Waals surface area contributed by atoms with E-state index in [0.29, 0.717) is 19.4 Å². The third kappa shape index (κ3) is 8.13. The second-order valence-corrected chi connectivity index (χ2v) is 8.83. The van der Waals surface area contributed by atoms with Crippen LogP contribution >= 0.6 is 0 Å². The van der Waals surface area contributed by atoms with Crippen LogP contribution in [-0.4, -0.2) is 58.8 Å². The fourth-order valence-electron chi connectivity index (χ4n) is 3.69. The monoisotopic (exact) mass is 498 g/mol. The van der Waals surface area contributed by atoms with Gasteiger partial charge in [0, 0.05) is 31.6 Å². The molecule has 12 heteroatoms. The lowest BCUT2D eigenvalue weighted by atomic mass is 9.93. The second kappa shape index (κ2) is 11.4. The van der Waals surface area contributed by atoms with E-state index in [0.717, 1.165) is 6.07 Å². The summed E-state index contributed by atoms with van der Waals surface area (Å²) in [6.45, 7) is 4.49. The van der Waals surface area contributed by atoms with Crippen LogP contribution in [0.4, 0.5) is 13.2 Å². The number of nitrogens with one attached hydrogen (secondary N) is 2. The van der Waals surface area contributed by atoms with Crippen LogP contribution in [0, 0.1) is 17.2 Å².